The Bertz CT molecular complexity index is 1190. The molecule has 0 bridgehead atoms. The number of hydrogen-bond donors (Lipinski definition) is 1. The summed E-state index contributed by atoms with van der Waals surface area (Å²) in [6.45, 7) is 1.40. The molecular formula is C26H27FN4O2. The van der Waals surface area contributed by atoms with Crippen LogP contribution in [0.4, 0.5) is 4.39 Å². The molecule has 1 heterocycles. The van der Waals surface area contributed by atoms with E-state index in [9.17, 15) is 14.4 Å². The first-order valence-corrected chi connectivity index (χ1v) is 11.4. The molecule has 3 aliphatic rings. The van der Waals surface area contributed by atoms with Crippen molar-refractivity contribution in [3.05, 3.63) is 59.2 Å². The van der Waals surface area contributed by atoms with Crippen molar-refractivity contribution in [3.8, 4) is 17.2 Å². The van der Waals surface area contributed by atoms with Crippen molar-refractivity contribution in [2.45, 2.75) is 57.0 Å². The molecule has 2 aromatic rings. The van der Waals surface area contributed by atoms with Gasteiger partial charge in [-0.1, -0.05) is 24.3 Å². The van der Waals surface area contributed by atoms with Crippen LogP contribution in [-0.4, -0.2) is 36.3 Å². The first-order valence-electron chi connectivity index (χ1n) is 11.4. The molecule has 0 aromatic heterocycles. The number of halogens is 1. The Morgan fingerprint density at radius 2 is 1.97 bits per heavy atom. The van der Waals surface area contributed by atoms with Gasteiger partial charge in [-0.2, -0.15) is 5.26 Å². The van der Waals surface area contributed by atoms with E-state index in [0.717, 1.165) is 28.7 Å². The van der Waals surface area contributed by atoms with E-state index in [4.69, 9.17) is 15.5 Å². The normalized spacial score (nSPS) is 29.3. The van der Waals surface area contributed by atoms with E-state index in [1.54, 1.807) is 13.1 Å². The number of nitrogens with zero attached hydrogens (tertiary/aromatic N) is 3. The second-order valence-corrected chi connectivity index (χ2v) is 9.44. The Labute approximate surface area is 192 Å². The summed E-state index contributed by atoms with van der Waals surface area (Å²) in [5, 5.41) is 9.30. The lowest BCUT2D eigenvalue weighted by molar-refractivity contribution is -0.140. The second kappa shape index (κ2) is 7.67. The second-order valence-electron chi connectivity index (χ2n) is 9.44. The van der Waals surface area contributed by atoms with E-state index in [-0.39, 0.29) is 18.0 Å². The molecule has 1 amide bonds. The van der Waals surface area contributed by atoms with Crippen LogP contribution in [-0.2, 0) is 21.5 Å². The summed E-state index contributed by atoms with van der Waals surface area (Å²) in [7, 11) is 1.67. The molecule has 0 radical (unpaired) electrons. The summed E-state index contributed by atoms with van der Waals surface area (Å²) in [5.74, 6) is 0.111. The van der Waals surface area contributed by atoms with Crippen molar-refractivity contribution in [2.24, 2.45) is 16.1 Å². The Balaban J connectivity index is 1.61. The van der Waals surface area contributed by atoms with Crippen LogP contribution in [0.25, 0.3) is 11.1 Å². The maximum absolute atomic E-state index is 13.8. The van der Waals surface area contributed by atoms with Gasteiger partial charge in [0, 0.05) is 12.5 Å². The number of nitrogens with two attached hydrogens (primary N) is 1. The molecular weight excluding hydrogens is 419 g/mol. The van der Waals surface area contributed by atoms with Gasteiger partial charge in [0.2, 0.25) is 0 Å². The first kappa shape index (κ1) is 21.6. The monoisotopic (exact) mass is 446 g/mol. The van der Waals surface area contributed by atoms with Crippen LogP contribution in [0.3, 0.4) is 0 Å². The molecule has 2 aromatic carbocycles. The smallest absolute Gasteiger partial charge is 0.262 e. The Morgan fingerprint density at radius 1 is 1.24 bits per heavy atom. The summed E-state index contributed by atoms with van der Waals surface area (Å²) in [6.07, 6.45) is 2.01. The van der Waals surface area contributed by atoms with Crippen LogP contribution in [0, 0.1) is 16.7 Å². The zero-order valence-corrected chi connectivity index (χ0v) is 18.8. The van der Waals surface area contributed by atoms with Crippen LogP contribution in [0.1, 0.15) is 49.3 Å². The Morgan fingerprint density at radius 3 is 2.61 bits per heavy atom. The molecule has 6 nitrogen and oxygen atoms in total. The summed E-state index contributed by atoms with van der Waals surface area (Å²) in [4.78, 5) is 20.1. The average molecular weight is 447 g/mol. The molecule has 1 saturated carbocycles. The molecule has 170 valence electrons. The predicted octanol–water partition coefficient (Wildman–Crippen LogP) is 4.02. The third-order valence-electron chi connectivity index (χ3n) is 7.63. The number of likely N-dealkylation sites (N-methyl/N-ethyl adjacent to an activating group) is 1. The van der Waals surface area contributed by atoms with Crippen molar-refractivity contribution in [2.75, 3.05) is 7.05 Å². The molecule has 2 aliphatic carbocycles. The molecule has 2 unspecified atom stereocenters. The molecule has 33 heavy (non-hydrogen) atoms. The molecule has 2 atom stereocenters. The minimum atomic E-state index is -1.31. The number of ether oxygens (including phenoxy) is 1. The quantitative estimate of drug-likeness (QED) is 0.771. The highest BCUT2D eigenvalue weighted by Gasteiger charge is 2.66. The van der Waals surface area contributed by atoms with Crippen LogP contribution >= 0.6 is 0 Å². The lowest BCUT2D eigenvalue weighted by atomic mass is 9.61. The Hall–Kier alpha value is -3.24. The number of amides is 1. The van der Waals surface area contributed by atoms with Crippen molar-refractivity contribution in [1.29, 1.82) is 5.26 Å². The topological polar surface area (TPSA) is 91.7 Å². The largest absolute Gasteiger partial charge is 0.369 e. The summed E-state index contributed by atoms with van der Waals surface area (Å²) < 4.78 is 18.9. The number of benzene rings is 2. The van der Waals surface area contributed by atoms with E-state index >= 15 is 0 Å². The van der Waals surface area contributed by atoms with E-state index in [2.05, 4.69) is 12.1 Å². The van der Waals surface area contributed by atoms with E-state index in [1.165, 1.54) is 11.8 Å². The number of carbonyl (C=O) groups excluding carboxylic acids is 1. The number of hydrogen-bond acceptors (Lipinski definition) is 5. The van der Waals surface area contributed by atoms with E-state index < -0.39 is 17.3 Å². The number of aliphatic imine (C=N–C) groups is 1. The highest BCUT2D eigenvalue weighted by Crippen LogP contribution is 2.62. The number of nitriles is 1. The molecule has 2 N–H and O–H groups in total. The molecule has 7 heteroatoms. The van der Waals surface area contributed by atoms with Crippen LogP contribution < -0.4 is 5.73 Å². The van der Waals surface area contributed by atoms with Gasteiger partial charge in [0.05, 0.1) is 17.7 Å². The average Bonchev–Trinajstić information content (AvgIpc) is 3.21. The fourth-order valence-corrected chi connectivity index (χ4v) is 6.04. The minimum Gasteiger partial charge on any atom is -0.369 e. The van der Waals surface area contributed by atoms with Gasteiger partial charge in [-0.25, -0.2) is 9.38 Å². The van der Waals surface area contributed by atoms with E-state index in [0.29, 0.717) is 31.2 Å². The molecule has 0 saturated heterocycles. The molecule has 5 rings (SSSR count). The third-order valence-corrected chi connectivity index (χ3v) is 7.63. The van der Waals surface area contributed by atoms with Gasteiger partial charge in [0.1, 0.15) is 0 Å². The van der Waals surface area contributed by atoms with E-state index in [1.807, 2.05) is 30.3 Å². The highest BCUT2D eigenvalue weighted by atomic mass is 19.1. The van der Waals surface area contributed by atoms with Gasteiger partial charge >= 0.3 is 0 Å². The summed E-state index contributed by atoms with van der Waals surface area (Å²) in [5.41, 5.74) is 9.09. The summed E-state index contributed by atoms with van der Waals surface area (Å²) >= 11 is 0. The standard InChI is InChI=1S/C26H27FN4O2/c1-16(27)33-21-8-10-25(11-9-21)14-20-7-6-19(18-5-3-4-17(12-18)15-28)13-22(20)26(25)23(32)31(2)24(29)30-26/h3-7,12-13,16,21H,8-11,14H2,1-2H3,(H2,29,30). The molecule has 1 aliphatic heterocycles. The summed E-state index contributed by atoms with van der Waals surface area (Å²) in [6, 6.07) is 15.8. The third kappa shape index (κ3) is 3.16. The van der Waals surface area contributed by atoms with Gasteiger partial charge in [-0.15, -0.1) is 0 Å². The fraction of sp³-hybridized carbons (Fsp3) is 0.423. The lowest BCUT2D eigenvalue weighted by Crippen LogP contribution is -2.51. The number of guanidine groups is 1. The lowest BCUT2D eigenvalue weighted by Gasteiger charge is -2.45. The fourth-order valence-electron chi connectivity index (χ4n) is 6.04. The van der Waals surface area contributed by atoms with Crippen LogP contribution in [0.5, 0.6) is 0 Å². The minimum absolute atomic E-state index is 0.111. The zero-order valence-electron chi connectivity index (χ0n) is 18.8. The van der Waals surface area contributed by atoms with Crippen LogP contribution in [0.15, 0.2) is 47.5 Å². The van der Waals surface area contributed by atoms with Crippen molar-refractivity contribution in [3.63, 3.8) is 0 Å². The number of rotatable bonds is 3. The number of carbonyl (C=O) groups is 1. The van der Waals surface area contributed by atoms with Gasteiger partial charge in [0.25, 0.3) is 5.91 Å². The van der Waals surface area contributed by atoms with Gasteiger partial charge in [0.15, 0.2) is 17.9 Å². The SMILES string of the molecule is CC(F)OC1CCC2(CC1)Cc1ccc(-c3cccc(C#N)c3)cc1C21N=C(N)N(C)C1=O. The van der Waals surface area contributed by atoms with Crippen LogP contribution in [0.2, 0.25) is 0 Å². The van der Waals surface area contributed by atoms with Gasteiger partial charge in [-0.05, 0) is 79.5 Å². The van der Waals surface area contributed by atoms with Gasteiger partial charge < -0.3 is 10.5 Å². The maximum Gasteiger partial charge on any atom is 0.262 e. The van der Waals surface area contributed by atoms with Gasteiger partial charge in [-0.3, -0.25) is 9.69 Å². The first-order chi connectivity index (χ1) is 15.8. The number of fused-ring (bicyclic) bond motifs is 3. The molecule has 1 fully saturated rings. The maximum atomic E-state index is 13.8. The number of alkyl halides is 1. The molecule has 2 spiro atoms. The zero-order chi connectivity index (χ0) is 23.4. The van der Waals surface area contributed by atoms with Crippen molar-refractivity contribution < 1.29 is 13.9 Å². The highest BCUT2D eigenvalue weighted by molar-refractivity contribution is 6.08. The van der Waals surface area contributed by atoms with Crippen molar-refractivity contribution in [1.82, 2.24) is 4.90 Å². The predicted molar refractivity (Wildman–Crippen MR) is 123 cm³/mol. The Kier molecular flexibility index (Phi) is 5.02. The van der Waals surface area contributed by atoms with Crippen molar-refractivity contribution >= 4 is 11.9 Å².